The number of aliphatic carboxylic acids is 1. The van der Waals surface area contributed by atoms with Crippen LogP contribution >= 0.6 is 0 Å². The van der Waals surface area contributed by atoms with Gasteiger partial charge in [-0.2, -0.15) is 5.10 Å². The van der Waals surface area contributed by atoms with Crippen LogP contribution in [0.3, 0.4) is 0 Å². The standard InChI is InChI=1S/C20H24N4O4/c1-2-13-8-10-20(11-9-13,19(27)28)22-18(26)15-12-16(17(21)25)24(23-15)14-6-4-3-5-7-14/h3-7,12-13H,2,8-11H2,1H3,(H2,21,25)(H,22,26)(H,27,28). The smallest absolute Gasteiger partial charge is 0.329 e. The number of rotatable bonds is 6. The summed E-state index contributed by atoms with van der Waals surface area (Å²) in [5.41, 5.74) is 4.70. The van der Waals surface area contributed by atoms with Gasteiger partial charge in [-0.3, -0.25) is 9.59 Å². The Hall–Kier alpha value is -3.16. The molecule has 1 aliphatic rings. The van der Waals surface area contributed by atoms with E-state index in [2.05, 4.69) is 17.3 Å². The molecule has 1 aromatic carbocycles. The molecule has 0 aliphatic heterocycles. The number of carbonyl (C=O) groups excluding carboxylic acids is 2. The van der Waals surface area contributed by atoms with E-state index in [-0.39, 0.29) is 11.4 Å². The molecular formula is C20H24N4O4. The van der Waals surface area contributed by atoms with Crippen LogP contribution in [-0.2, 0) is 4.79 Å². The Morgan fingerprint density at radius 2 is 1.89 bits per heavy atom. The number of carbonyl (C=O) groups is 3. The molecule has 4 N–H and O–H groups in total. The first-order valence-corrected chi connectivity index (χ1v) is 9.37. The third-order valence-corrected chi connectivity index (χ3v) is 5.49. The lowest BCUT2D eigenvalue weighted by molar-refractivity contribution is -0.146. The Balaban J connectivity index is 1.88. The molecule has 0 unspecified atom stereocenters. The number of hydrogen-bond acceptors (Lipinski definition) is 4. The molecule has 148 valence electrons. The zero-order valence-corrected chi connectivity index (χ0v) is 15.7. The fourth-order valence-corrected chi connectivity index (χ4v) is 3.69. The molecule has 2 amide bonds. The van der Waals surface area contributed by atoms with E-state index in [0.29, 0.717) is 24.4 Å². The summed E-state index contributed by atoms with van der Waals surface area (Å²) in [6, 6.07) is 10.1. The van der Waals surface area contributed by atoms with Crippen molar-refractivity contribution in [2.75, 3.05) is 0 Å². The molecule has 2 aromatic rings. The zero-order chi connectivity index (χ0) is 20.3. The number of carboxylic acid groups (broad SMARTS) is 1. The Labute approximate surface area is 162 Å². The normalized spacial score (nSPS) is 21.8. The number of aromatic nitrogens is 2. The van der Waals surface area contributed by atoms with Gasteiger partial charge in [0.05, 0.1) is 5.69 Å². The van der Waals surface area contributed by atoms with Crippen LogP contribution in [0.2, 0.25) is 0 Å². The van der Waals surface area contributed by atoms with Gasteiger partial charge in [0, 0.05) is 6.07 Å². The van der Waals surface area contributed by atoms with E-state index < -0.39 is 23.3 Å². The fourth-order valence-electron chi connectivity index (χ4n) is 3.69. The van der Waals surface area contributed by atoms with E-state index in [4.69, 9.17) is 5.73 Å². The monoisotopic (exact) mass is 384 g/mol. The van der Waals surface area contributed by atoms with Crippen LogP contribution in [0.4, 0.5) is 0 Å². The van der Waals surface area contributed by atoms with E-state index in [1.165, 1.54) is 10.7 Å². The van der Waals surface area contributed by atoms with Crippen molar-refractivity contribution < 1.29 is 19.5 Å². The van der Waals surface area contributed by atoms with Crippen LogP contribution in [0.1, 0.15) is 60.0 Å². The molecule has 1 fully saturated rings. The van der Waals surface area contributed by atoms with E-state index in [0.717, 1.165) is 19.3 Å². The number of nitrogens with two attached hydrogens (primary N) is 1. The summed E-state index contributed by atoms with van der Waals surface area (Å²) in [6.07, 6.45) is 3.22. The third-order valence-electron chi connectivity index (χ3n) is 5.49. The molecule has 0 spiro atoms. The van der Waals surface area contributed by atoms with Gasteiger partial charge in [0.1, 0.15) is 11.2 Å². The molecule has 8 heteroatoms. The second kappa shape index (κ2) is 7.84. The summed E-state index contributed by atoms with van der Waals surface area (Å²) in [6.45, 7) is 2.08. The van der Waals surface area contributed by atoms with Gasteiger partial charge in [0.25, 0.3) is 11.8 Å². The summed E-state index contributed by atoms with van der Waals surface area (Å²) >= 11 is 0. The van der Waals surface area contributed by atoms with Gasteiger partial charge in [-0.1, -0.05) is 31.5 Å². The lowest BCUT2D eigenvalue weighted by atomic mass is 9.75. The van der Waals surface area contributed by atoms with Crippen molar-refractivity contribution in [3.63, 3.8) is 0 Å². The number of hydrogen-bond donors (Lipinski definition) is 3. The highest BCUT2D eigenvalue weighted by Crippen LogP contribution is 2.34. The molecule has 0 saturated heterocycles. The van der Waals surface area contributed by atoms with Crippen molar-refractivity contribution >= 4 is 17.8 Å². The summed E-state index contributed by atoms with van der Waals surface area (Å²) in [4.78, 5) is 36.5. The predicted octanol–water partition coefficient (Wildman–Crippen LogP) is 2.12. The van der Waals surface area contributed by atoms with Crippen molar-refractivity contribution in [3.05, 3.63) is 47.8 Å². The number of para-hydroxylation sites is 1. The van der Waals surface area contributed by atoms with Gasteiger partial charge in [0.15, 0.2) is 5.69 Å². The lowest BCUT2D eigenvalue weighted by Crippen LogP contribution is -2.56. The number of nitrogens with one attached hydrogen (secondary N) is 1. The van der Waals surface area contributed by atoms with E-state index in [1.807, 2.05) is 6.07 Å². The maximum absolute atomic E-state index is 12.8. The van der Waals surface area contributed by atoms with Gasteiger partial charge in [-0.25, -0.2) is 9.48 Å². The van der Waals surface area contributed by atoms with Crippen LogP contribution in [0.25, 0.3) is 5.69 Å². The maximum Gasteiger partial charge on any atom is 0.329 e. The average molecular weight is 384 g/mol. The minimum atomic E-state index is -1.31. The molecular weight excluding hydrogens is 360 g/mol. The highest BCUT2D eigenvalue weighted by molar-refractivity contribution is 5.99. The molecule has 0 radical (unpaired) electrons. The van der Waals surface area contributed by atoms with Gasteiger partial charge in [0.2, 0.25) is 0 Å². The van der Waals surface area contributed by atoms with Crippen LogP contribution in [0, 0.1) is 5.92 Å². The van der Waals surface area contributed by atoms with Crippen LogP contribution in [0.5, 0.6) is 0 Å². The SMILES string of the molecule is CCC1CCC(NC(=O)c2cc(C(N)=O)n(-c3ccccc3)n2)(C(=O)O)CC1. The second-order valence-electron chi connectivity index (χ2n) is 7.22. The minimum absolute atomic E-state index is 0.0455. The Kier molecular flexibility index (Phi) is 5.48. The number of nitrogens with zero attached hydrogens (tertiary/aromatic N) is 2. The van der Waals surface area contributed by atoms with Gasteiger partial charge in [-0.05, 0) is 43.7 Å². The molecule has 1 aliphatic carbocycles. The van der Waals surface area contributed by atoms with Crippen LogP contribution < -0.4 is 11.1 Å². The summed E-state index contributed by atoms with van der Waals surface area (Å²) in [5.74, 6) is -1.93. The molecule has 0 atom stereocenters. The molecule has 28 heavy (non-hydrogen) atoms. The Bertz CT molecular complexity index is 883. The maximum atomic E-state index is 12.8. The lowest BCUT2D eigenvalue weighted by Gasteiger charge is -2.37. The number of benzene rings is 1. The van der Waals surface area contributed by atoms with E-state index in [1.54, 1.807) is 24.3 Å². The molecule has 1 aromatic heterocycles. The number of amides is 2. The first kappa shape index (κ1) is 19.6. The second-order valence-corrected chi connectivity index (χ2v) is 7.22. The molecule has 3 rings (SSSR count). The zero-order valence-electron chi connectivity index (χ0n) is 15.7. The van der Waals surface area contributed by atoms with Crippen molar-refractivity contribution in [1.29, 1.82) is 0 Å². The average Bonchev–Trinajstić information content (AvgIpc) is 3.15. The number of carboxylic acids is 1. The fraction of sp³-hybridized carbons (Fsp3) is 0.400. The topological polar surface area (TPSA) is 127 Å². The molecule has 1 saturated carbocycles. The Morgan fingerprint density at radius 1 is 1.25 bits per heavy atom. The van der Waals surface area contributed by atoms with Crippen LogP contribution in [0.15, 0.2) is 36.4 Å². The quantitative estimate of drug-likeness (QED) is 0.703. The van der Waals surface area contributed by atoms with Crippen molar-refractivity contribution in [2.45, 2.75) is 44.6 Å². The molecule has 0 bridgehead atoms. The van der Waals surface area contributed by atoms with E-state index in [9.17, 15) is 19.5 Å². The first-order valence-electron chi connectivity index (χ1n) is 9.37. The molecule has 8 nitrogen and oxygen atoms in total. The predicted molar refractivity (Wildman–Crippen MR) is 102 cm³/mol. The van der Waals surface area contributed by atoms with Crippen LogP contribution in [-0.4, -0.2) is 38.2 Å². The van der Waals surface area contributed by atoms with Crippen molar-refractivity contribution in [2.24, 2.45) is 11.7 Å². The first-order chi connectivity index (χ1) is 13.4. The molecule has 1 heterocycles. The highest BCUT2D eigenvalue weighted by atomic mass is 16.4. The summed E-state index contributed by atoms with van der Waals surface area (Å²) in [7, 11) is 0. The minimum Gasteiger partial charge on any atom is -0.480 e. The van der Waals surface area contributed by atoms with Gasteiger partial charge < -0.3 is 16.2 Å². The number of primary amides is 1. The Morgan fingerprint density at radius 3 is 2.43 bits per heavy atom. The third kappa shape index (κ3) is 3.76. The van der Waals surface area contributed by atoms with E-state index >= 15 is 0 Å². The highest BCUT2D eigenvalue weighted by Gasteiger charge is 2.43. The van der Waals surface area contributed by atoms with Gasteiger partial charge in [-0.15, -0.1) is 0 Å². The van der Waals surface area contributed by atoms with Crippen molar-refractivity contribution in [1.82, 2.24) is 15.1 Å². The van der Waals surface area contributed by atoms with Gasteiger partial charge >= 0.3 is 5.97 Å². The largest absolute Gasteiger partial charge is 0.480 e. The summed E-state index contributed by atoms with van der Waals surface area (Å²) in [5, 5.41) is 16.6. The van der Waals surface area contributed by atoms with Crippen molar-refractivity contribution in [3.8, 4) is 5.69 Å². The summed E-state index contributed by atoms with van der Waals surface area (Å²) < 4.78 is 1.29.